The number of halogens is 3. The van der Waals surface area contributed by atoms with Crippen molar-refractivity contribution in [2.45, 2.75) is 12.6 Å². The second-order valence-electron chi connectivity index (χ2n) is 3.41. The molecule has 1 aromatic carbocycles. The van der Waals surface area contributed by atoms with Gasteiger partial charge >= 0.3 is 6.18 Å². The number of hydrogen-bond donors (Lipinski definition) is 1. The predicted molar refractivity (Wildman–Crippen MR) is 52.0 cm³/mol. The van der Waals surface area contributed by atoms with Crippen molar-refractivity contribution < 1.29 is 13.2 Å². The van der Waals surface area contributed by atoms with E-state index in [1.165, 1.54) is 12.1 Å². The average molecular weight is 213 g/mol. The molecular formula is C11H10F3N. The lowest BCUT2D eigenvalue weighted by Crippen LogP contribution is -2.07. The normalized spacial score (nSPS) is 16.1. The highest BCUT2D eigenvalue weighted by Crippen LogP contribution is 2.30. The van der Waals surface area contributed by atoms with Crippen molar-refractivity contribution in [2.75, 3.05) is 6.54 Å². The topological polar surface area (TPSA) is 12.0 Å². The quantitative estimate of drug-likeness (QED) is 0.756. The molecule has 0 aliphatic carbocycles. The van der Waals surface area contributed by atoms with Crippen LogP contribution < -0.4 is 5.32 Å². The largest absolute Gasteiger partial charge is 0.416 e. The van der Waals surface area contributed by atoms with Gasteiger partial charge in [0.05, 0.1) is 5.56 Å². The Kier molecular flexibility index (Phi) is 2.42. The summed E-state index contributed by atoms with van der Waals surface area (Å²) in [6.45, 7) is 0.857. The Morgan fingerprint density at radius 2 is 1.73 bits per heavy atom. The molecule has 0 fully saturated rings. The van der Waals surface area contributed by atoms with Gasteiger partial charge in [-0.25, -0.2) is 0 Å². The summed E-state index contributed by atoms with van der Waals surface area (Å²) in [6, 6.07) is 5.20. The number of benzene rings is 1. The molecule has 0 saturated carbocycles. The van der Waals surface area contributed by atoms with Gasteiger partial charge < -0.3 is 5.32 Å². The third-order valence-electron chi connectivity index (χ3n) is 2.33. The van der Waals surface area contributed by atoms with Gasteiger partial charge in [-0.3, -0.25) is 0 Å². The molecule has 0 saturated heterocycles. The molecule has 0 amide bonds. The van der Waals surface area contributed by atoms with Gasteiger partial charge in [0.1, 0.15) is 0 Å². The molecule has 1 nitrogen and oxygen atoms in total. The van der Waals surface area contributed by atoms with Crippen LogP contribution in [-0.4, -0.2) is 6.54 Å². The summed E-state index contributed by atoms with van der Waals surface area (Å²) in [4.78, 5) is 0. The lowest BCUT2D eigenvalue weighted by molar-refractivity contribution is -0.137. The molecule has 0 spiro atoms. The Balaban J connectivity index is 2.24. The Hall–Kier alpha value is -1.45. The smallest absolute Gasteiger partial charge is 0.385 e. The van der Waals surface area contributed by atoms with Gasteiger partial charge in [0, 0.05) is 12.2 Å². The Morgan fingerprint density at radius 1 is 1.07 bits per heavy atom. The first-order valence-corrected chi connectivity index (χ1v) is 4.69. The minimum absolute atomic E-state index is 0.607. The van der Waals surface area contributed by atoms with E-state index in [1.54, 1.807) is 0 Å². The summed E-state index contributed by atoms with van der Waals surface area (Å²) in [5.41, 5.74) is 1.12. The van der Waals surface area contributed by atoms with Crippen molar-refractivity contribution in [2.24, 2.45) is 0 Å². The summed E-state index contributed by atoms with van der Waals surface area (Å²) >= 11 is 0. The van der Waals surface area contributed by atoms with Gasteiger partial charge in [0.15, 0.2) is 0 Å². The van der Waals surface area contributed by atoms with Crippen LogP contribution in [0.4, 0.5) is 13.2 Å². The van der Waals surface area contributed by atoms with Crippen LogP contribution in [0.1, 0.15) is 17.5 Å². The number of hydrogen-bond acceptors (Lipinski definition) is 1. The molecule has 1 aliphatic rings. The van der Waals surface area contributed by atoms with E-state index < -0.39 is 11.7 Å². The van der Waals surface area contributed by atoms with E-state index in [1.807, 2.05) is 6.08 Å². The van der Waals surface area contributed by atoms with Crippen LogP contribution in [0.3, 0.4) is 0 Å². The molecule has 80 valence electrons. The van der Waals surface area contributed by atoms with Crippen molar-refractivity contribution in [3.63, 3.8) is 0 Å². The second-order valence-corrected chi connectivity index (χ2v) is 3.41. The molecule has 0 radical (unpaired) electrons. The number of nitrogens with one attached hydrogen (secondary N) is 1. The van der Waals surface area contributed by atoms with Crippen molar-refractivity contribution in [3.05, 3.63) is 41.5 Å². The monoisotopic (exact) mass is 213 g/mol. The molecule has 1 aliphatic heterocycles. The number of alkyl halides is 3. The molecule has 1 heterocycles. The molecule has 4 heteroatoms. The molecule has 0 aromatic heterocycles. The van der Waals surface area contributed by atoms with Gasteiger partial charge in [0.25, 0.3) is 0 Å². The maximum atomic E-state index is 12.3. The average Bonchev–Trinajstić information content (AvgIpc) is 2.69. The van der Waals surface area contributed by atoms with Gasteiger partial charge in [-0.05, 0) is 24.1 Å². The first-order valence-electron chi connectivity index (χ1n) is 4.69. The summed E-state index contributed by atoms with van der Waals surface area (Å²) in [5.74, 6) is 0. The Morgan fingerprint density at radius 3 is 2.20 bits per heavy atom. The molecule has 0 atom stereocenters. The van der Waals surface area contributed by atoms with Crippen molar-refractivity contribution >= 4 is 5.70 Å². The second kappa shape index (κ2) is 3.61. The standard InChI is InChI=1S/C11H10F3N/c12-11(13,14)9-5-3-8(4-6-9)10-2-1-7-15-10/h2-6,15H,1,7H2. The van der Waals surface area contributed by atoms with Crippen LogP contribution in [0.2, 0.25) is 0 Å². The third kappa shape index (κ3) is 2.14. The first-order chi connectivity index (χ1) is 7.07. The molecule has 1 aromatic rings. The first kappa shape index (κ1) is 10.1. The van der Waals surface area contributed by atoms with E-state index in [2.05, 4.69) is 5.32 Å². The van der Waals surface area contributed by atoms with Crippen LogP contribution in [0, 0.1) is 0 Å². The van der Waals surface area contributed by atoms with Crippen LogP contribution >= 0.6 is 0 Å². The van der Waals surface area contributed by atoms with Crippen LogP contribution in [0.5, 0.6) is 0 Å². The van der Waals surface area contributed by atoms with E-state index in [-0.39, 0.29) is 0 Å². The van der Waals surface area contributed by atoms with Gasteiger partial charge in [-0.2, -0.15) is 13.2 Å². The third-order valence-corrected chi connectivity index (χ3v) is 2.33. The lowest BCUT2D eigenvalue weighted by Gasteiger charge is -2.08. The minimum Gasteiger partial charge on any atom is -0.385 e. The molecule has 0 bridgehead atoms. The zero-order valence-corrected chi connectivity index (χ0v) is 7.93. The van der Waals surface area contributed by atoms with E-state index in [9.17, 15) is 13.2 Å². The molecule has 0 unspecified atom stereocenters. The van der Waals surface area contributed by atoms with Gasteiger partial charge in [-0.15, -0.1) is 0 Å². The lowest BCUT2D eigenvalue weighted by atomic mass is 10.1. The van der Waals surface area contributed by atoms with Crippen LogP contribution in [0.15, 0.2) is 30.3 Å². The fraction of sp³-hybridized carbons (Fsp3) is 0.273. The van der Waals surface area contributed by atoms with E-state index in [4.69, 9.17) is 0 Å². The molecular weight excluding hydrogens is 203 g/mol. The Bertz CT molecular complexity index is 376. The summed E-state index contributed by atoms with van der Waals surface area (Å²) in [5, 5.41) is 3.11. The zero-order chi connectivity index (χ0) is 10.9. The summed E-state index contributed by atoms with van der Waals surface area (Å²) in [6.07, 6.45) is -1.34. The van der Waals surface area contributed by atoms with E-state index in [0.29, 0.717) is 0 Å². The van der Waals surface area contributed by atoms with E-state index >= 15 is 0 Å². The predicted octanol–water partition coefficient (Wildman–Crippen LogP) is 3.04. The SMILES string of the molecule is FC(F)(F)c1ccc(C2=CCCN2)cc1. The maximum absolute atomic E-state index is 12.3. The minimum atomic E-state index is -4.25. The molecule has 1 N–H and O–H groups in total. The Labute approximate surface area is 85.6 Å². The zero-order valence-electron chi connectivity index (χ0n) is 7.93. The van der Waals surface area contributed by atoms with Crippen molar-refractivity contribution in [3.8, 4) is 0 Å². The molecule has 2 rings (SSSR count). The van der Waals surface area contributed by atoms with Gasteiger partial charge in [-0.1, -0.05) is 18.2 Å². The molecule has 15 heavy (non-hydrogen) atoms. The highest BCUT2D eigenvalue weighted by Gasteiger charge is 2.30. The van der Waals surface area contributed by atoms with Gasteiger partial charge in [0.2, 0.25) is 0 Å². The van der Waals surface area contributed by atoms with Crippen molar-refractivity contribution in [1.82, 2.24) is 5.32 Å². The summed E-state index contributed by atoms with van der Waals surface area (Å²) < 4.78 is 36.8. The van der Waals surface area contributed by atoms with E-state index in [0.717, 1.165) is 36.4 Å². The maximum Gasteiger partial charge on any atom is 0.416 e. The van der Waals surface area contributed by atoms with Crippen molar-refractivity contribution in [1.29, 1.82) is 0 Å². The summed E-state index contributed by atoms with van der Waals surface area (Å²) in [7, 11) is 0. The van der Waals surface area contributed by atoms with Crippen LogP contribution in [-0.2, 0) is 6.18 Å². The highest BCUT2D eigenvalue weighted by atomic mass is 19.4. The fourth-order valence-corrected chi connectivity index (χ4v) is 1.55. The van der Waals surface area contributed by atoms with Crippen LogP contribution in [0.25, 0.3) is 5.70 Å². The fourth-order valence-electron chi connectivity index (χ4n) is 1.55. The number of rotatable bonds is 1. The highest BCUT2D eigenvalue weighted by molar-refractivity contribution is 5.65.